The standard InChI is InChI=1S/C21H23IN4O/c1-14(2)19(13-27)25-21-24-18(15-8-4-3-5-9-15)12-20(26-21)23-17-11-7-6-10-16(17)22/h3-12,14,19,27H,13H2,1-2H3,(H2,23,24,25,26)/t19-/m0/s1. The molecule has 0 aliphatic heterocycles. The largest absolute Gasteiger partial charge is 0.394 e. The summed E-state index contributed by atoms with van der Waals surface area (Å²) in [4.78, 5) is 9.28. The number of nitrogens with one attached hydrogen (secondary N) is 2. The fourth-order valence-corrected chi connectivity index (χ4v) is 3.14. The van der Waals surface area contributed by atoms with Crippen LogP contribution in [0, 0.1) is 9.49 Å². The number of benzene rings is 2. The van der Waals surface area contributed by atoms with E-state index >= 15 is 0 Å². The quantitative estimate of drug-likeness (QED) is 0.424. The molecule has 3 rings (SSSR count). The van der Waals surface area contributed by atoms with Crippen LogP contribution in [0.4, 0.5) is 17.5 Å². The van der Waals surface area contributed by atoms with Crippen LogP contribution in [0.1, 0.15) is 13.8 Å². The van der Waals surface area contributed by atoms with E-state index in [1.807, 2.05) is 60.7 Å². The Morgan fingerprint density at radius 1 is 1.00 bits per heavy atom. The summed E-state index contributed by atoms with van der Waals surface area (Å²) in [6.07, 6.45) is 0. The molecule has 27 heavy (non-hydrogen) atoms. The van der Waals surface area contributed by atoms with Crippen molar-refractivity contribution >= 4 is 40.0 Å². The van der Waals surface area contributed by atoms with Crippen LogP contribution in [0.3, 0.4) is 0 Å². The van der Waals surface area contributed by atoms with Gasteiger partial charge < -0.3 is 15.7 Å². The molecule has 0 radical (unpaired) electrons. The van der Waals surface area contributed by atoms with Crippen molar-refractivity contribution < 1.29 is 5.11 Å². The molecule has 3 N–H and O–H groups in total. The average molecular weight is 474 g/mol. The highest BCUT2D eigenvalue weighted by atomic mass is 127. The van der Waals surface area contributed by atoms with Crippen molar-refractivity contribution in [3.63, 3.8) is 0 Å². The summed E-state index contributed by atoms with van der Waals surface area (Å²) in [7, 11) is 0. The summed E-state index contributed by atoms with van der Waals surface area (Å²) < 4.78 is 1.11. The lowest BCUT2D eigenvalue weighted by molar-refractivity contribution is 0.248. The third-order valence-corrected chi connectivity index (χ3v) is 5.19. The molecule has 0 amide bonds. The van der Waals surface area contributed by atoms with Crippen molar-refractivity contribution in [3.8, 4) is 11.3 Å². The second-order valence-corrected chi connectivity index (χ2v) is 7.77. The molecule has 2 aromatic carbocycles. The first kappa shape index (κ1) is 19.6. The predicted octanol–water partition coefficient (Wildman–Crippen LogP) is 4.92. The molecule has 0 bridgehead atoms. The SMILES string of the molecule is CC(C)[C@H](CO)Nc1nc(Nc2ccccc2I)cc(-c2ccccc2)n1. The number of aromatic nitrogens is 2. The Morgan fingerprint density at radius 3 is 2.37 bits per heavy atom. The number of para-hydroxylation sites is 1. The molecule has 3 aromatic rings. The fourth-order valence-electron chi connectivity index (χ4n) is 2.62. The lowest BCUT2D eigenvalue weighted by atomic mass is 10.1. The van der Waals surface area contributed by atoms with Gasteiger partial charge in [0.05, 0.1) is 24.0 Å². The Morgan fingerprint density at radius 2 is 1.70 bits per heavy atom. The fraction of sp³-hybridized carbons (Fsp3) is 0.238. The lowest BCUT2D eigenvalue weighted by Gasteiger charge is -2.21. The molecule has 0 unspecified atom stereocenters. The van der Waals surface area contributed by atoms with Gasteiger partial charge in [0, 0.05) is 15.2 Å². The minimum atomic E-state index is -0.110. The number of hydrogen-bond donors (Lipinski definition) is 3. The molecule has 5 nitrogen and oxygen atoms in total. The molecule has 1 atom stereocenters. The van der Waals surface area contributed by atoms with Gasteiger partial charge in [-0.25, -0.2) is 4.98 Å². The minimum absolute atomic E-state index is 0.0237. The smallest absolute Gasteiger partial charge is 0.225 e. The number of halogens is 1. The van der Waals surface area contributed by atoms with Crippen LogP contribution in [-0.2, 0) is 0 Å². The molecule has 1 heterocycles. The van der Waals surface area contributed by atoms with E-state index in [2.05, 4.69) is 57.0 Å². The number of aliphatic hydroxyl groups excluding tert-OH is 1. The van der Waals surface area contributed by atoms with E-state index in [1.54, 1.807) is 0 Å². The molecule has 0 aliphatic rings. The van der Waals surface area contributed by atoms with Gasteiger partial charge in [-0.15, -0.1) is 0 Å². The molecule has 1 aromatic heterocycles. The van der Waals surface area contributed by atoms with Crippen LogP contribution in [0.15, 0.2) is 60.7 Å². The van der Waals surface area contributed by atoms with Crippen LogP contribution in [-0.4, -0.2) is 27.7 Å². The summed E-state index contributed by atoms with van der Waals surface area (Å²) >= 11 is 2.30. The van der Waals surface area contributed by atoms with Crippen LogP contribution in [0.25, 0.3) is 11.3 Å². The second-order valence-electron chi connectivity index (χ2n) is 6.61. The van der Waals surface area contributed by atoms with Gasteiger partial charge in [0.1, 0.15) is 5.82 Å². The summed E-state index contributed by atoms with van der Waals surface area (Å²) in [6, 6.07) is 19.9. The van der Waals surface area contributed by atoms with Crippen LogP contribution in [0.2, 0.25) is 0 Å². The van der Waals surface area contributed by atoms with Crippen LogP contribution >= 0.6 is 22.6 Å². The zero-order chi connectivity index (χ0) is 19.2. The predicted molar refractivity (Wildman–Crippen MR) is 119 cm³/mol. The Kier molecular flexibility index (Phi) is 6.63. The molecule has 140 valence electrons. The maximum atomic E-state index is 9.65. The second kappa shape index (κ2) is 9.14. The van der Waals surface area contributed by atoms with E-state index in [4.69, 9.17) is 0 Å². The lowest BCUT2D eigenvalue weighted by Crippen LogP contribution is -2.30. The van der Waals surface area contributed by atoms with Crippen LogP contribution < -0.4 is 10.6 Å². The highest BCUT2D eigenvalue weighted by Gasteiger charge is 2.15. The van der Waals surface area contributed by atoms with Gasteiger partial charge in [-0.3, -0.25) is 0 Å². The zero-order valence-corrected chi connectivity index (χ0v) is 17.5. The van der Waals surface area contributed by atoms with Gasteiger partial charge in [0.2, 0.25) is 5.95 Å². The monoisotopic (exact) mass is 474 g/mol. The van der Waals surface area contributed by atoms with Gasteiger partial charge >= 0.3 is 0 Å². The van der Waals surface area contributed by atoms with E-state index < -0.39 is 0 Å². The summed E-state index contributed by atoms with van der Waals surface area (Å²) in [5.74, 6) is 1.46. The van der Waals surface area contributed by atoms with Crippen molar-refractivity contribution in [1.82, 2.24) is 9.97 Å². The molecular weight excluding hydrogens is 451 g/mol. The molecule has 0 fully saturated rings. The van der Waals surface area contributed by atoms with E-state index in [0.717, 1.165) is 20.5 Å². The Balaban J connectivity index is 1.99. The molecule has 0 spiro atoms. The summed E-state index contributed by atoms with van der Waals surface area (Å²) in [5.41, 5.74) is 2.82. The number of aliphatic hydroxyl groups is 1. The molecule has 0 saturated carbocycles. The van der Waals surface area contributed by atoms with Crippen molar-refractivity contribution in [2.45, 2.75) is 19.9 Å². The molecular formula is C21H23IN4O. The maximum Gasteiger partial charge on any atom is 0.225 e. The van der Waals surface area contributed by atoms with Gasteiger partial charge in [-0.05, 0) is 40.6 Å². The first-order valence-corrected chi connectivity index (χ1v) is 9.98. The Labute approximate surface area is 173 Å². The number of anilines is 3. The summed E-state index contributed by atoms with van der Waals surface area (Å²) in [6.45, 7) is 4.14. The summed E-state index contributed by atoms with van der Waals surface area (Å²) in [5, 5.41) is 16.3. The van der Waals surface area contributed by atoms with Gasteiger partial charge in [-0.1, -0.05) is 56.3 Å². The van der Waals surface area contributed by atoms with Gasteiger partial charge in [0.15, 0.2) is 0 Å². The third kappa shape index (κ3) is 5.17. The first-order chi connectivity index (χ1) is 13.1. The van der Waals surface area contributed by atoms with Crippen molar-refractivity contribution in [3.05, 3.63) is 64.2 Å². The highest BCUT2D eigenvalue weighted by Crippen LogP contribution is 2.26. The van der Waals surface area contributed by atoms with E-state index in [0.29, 0.717) is 11.8 Å². The topological polar surface area (TPSA) is 70.1 Å². The maximum absolute atomic E-state index is 9.65. The number of nitrogens with zero attached hydrogens (tertiary/aromatic N) is 2. The molecule has 0 aliphatic carbocycles. The van der Waals surface area contributed by atoms with Gasteiger partial charge in [-0.2, -0.15) is 4.98 Å². The van der Waals surface area contributed by atoms with Crippen molar-refractivity contribution in [2.24, 2.45) is 5.92 Å². The van der Waals surface area contributed by atoms with Crippen LogP contribution in [0.5, 0.6) is 0 Å². The van der Waals surface area contributed by atoms with Crippen molar-refractivity contribution in [1.29, 1.82) is 0 Å². The normalized spacial score (nSPS) is 12.0. The third-order valence-electron chi connectivity index (χ3n) is 4.25. The van der Waals surface area contributed by atoms with E-state index in [1.165, 1.54) is 0 Å². The van der Waals surface area contributed by atoms with Gasteiger partial charge in [0.25, 0.3) is 0 Å². The van der Waals surface area contributed by atoms with E-state index in [-0.39, 0.29) is 18.6 Å². The highest BCUT2D eigenvalue weighted by molar-refractivity contribution is 14.1. The molecule has 0 saturated heterocycles. The zero-order valence-electron chi connectivity index (χ0n) is 15.4. The molecule has 6 heteroatoms. The number of hydrogen-bond acceptors (Lipinski definition) is 5. The average Bonchev–Trinajstić information content (AvgIpc) is 2.68. The van der Waals surface area contributed by atoms with E-state index in [9.17, 15) is 5.11 Å². The number of rotatable bonds is 7. The minimum Gasteiger partial charge on any atom is -0.394 e. The first-order valence-electron chi connectivity index (χ1n) is 8.90. The Hall–Kier alpha value is -2.19. The Bertz CT molecular complexity index is 886. The van der Waals surface area contributed by atoms with Crippen molar-refractivity contribution in [2.75, 3.05) is 17.2 Å².